The summed E-state index contributed by atoms with van der Waals surface area (Å²) in [6.45, 7) is 8.63. The molecule has 2 N–H and O–H groups in total. The predicted octanol–water partition coefficient (Wildman–Crippen LogP) is 4.19. The number of oxime groups is 1. The fourth-order valence-electron chi connectivity index (χ4n) is 3.25. The van der Waals surface area contributed by atoms with Gasteiger partial charge in [0.05, 0.1) is 24.0 Å². The average Bonchev–Trinajstić information content (AvgIpc) is 3.13. The zero-order valence-electron chi connectivity index (χ0n) is 17.5. The second-order valence-corrected chi connectivity index (χ2v) is 7.40. The number of hydrogen-bond donors (Lipinski definition) is 2. The van der Waals surface area contributed by atoms with Crippen LogP contribution in [0.2, 0.25) is 0 Å². The van der Waals surface area contributed by atoms with Crippen LogP contribution in [0.25, 0.3) is 0 Å². The van der Waals surface area contributed by atoms with E-state index in [4.69, 9.17) is 9.47 Å². The Labute approximate surface area is 171 Å². The maximum Gasteiger partial charge on any atom is 0.429 e. The van der Waals surface area contributed by atoms with E-state index in [1.807, 2.05) is 36.4 Å². The van der Waals surface area contributed by atoms with Gasteiger partial charge in [0.1, 0.15) is 0 Å². The third-order valence-electron chi connectivity index (χ3n) is 4.41. The molecule has 8 heteroatoms. The molecule has 1 aliphatic rings. The highest BCUT2D eigenvalue weighted by atomic mass is 16.6. The molecule has 0 heterocycles. The second kappa shape index (κ2) is 9.95. The SMILES string of the molecule is C/C(=N\O)c1ccccc1[C@H]1C=CC[C@@H]1N(NC(=O)OC(C)C)C(=O)OC(C)C. The molecule has 0 saturated carbocycles. The molecular weight excluding hydrogens is 374 g/mol. The van der Waals surface area contributed by atoms with Crippen LogP contribution in [-0.2, 0) is 9.47 Å². The molecule has 158 valence electrons. The summed E-state index contributed by atoms with van der Waals surface area (Å²) in [5.74, 6) is -0.234. The van der Waals surface area contributed by atoms with Crippen molar-refractivity contribution in [3.8, 4) is 0 Å². The van der Waals surface area contributed by atoms with E-state index in [-0.39, 0.29) is 18.1 Å². The predicted molar refractivity (Wildman–Crippen MR) is 109 cm³/mol. The Balaban J connectivity index is 2.37. The van der Waals surface area contributed by atoms with E-state index in [0.717, 1.165) is 11.1 Å². The molecule has 1 aliphatic carbocycles. The van der Waals surface area contributed by atoms with Crippen molar-refractivity contribution in [1.29, 1.82) is 0 Å². The Morgan fingerprint density at radius 3 is 2.45 bits per heavy atom. The molecule has 0 spiro atoms. The Hall–Kier alpha value is -3.03. The fourth-order valence-corrected chi connectivity index (χ4v) is 3.25. The molecular formula is C21H29N3O5. The Kier molecular flexibility index (Phi) is 7.64. The first-order valence-electron chi connectivity index (χ1n) is 9.66. The van der Waals surface area contributed by atoms with Gasteiger partial charge in [-0.1, -0.05) is 41.6 Å². The fraction of sp³-hybridized carbons (Fsp3) is 0.476. The first-order chi connectivity index (χ1) is 13.7. The number of ether oxygens (including phenoxy) is 2. The van der Waals surface area contributed by atoms with Gasteiger partial charge in [0, 0.05) is 11.5 Å². The van der Waals surface area contributed by atoms with Gasteiger partial charge in [-0.25, -0.2) is 20.0 Å². The van der Waals surface area contributed by atoms with Gasteiger partial charge in [-0.2, -0.15) is 0 Å². The molecule has 0 fully saturated rings. The molecule has 0 radical (unpaired) electrons. The molecule has 0 saturated heterocycles. The number of hydrazine groups is 1. The molecule has 2 rings (SSSR count). The maximum absolute atomic E-state index is 12.8. The van der Waals surface area contributed by atoms with Gasteiger partial charge in [0.25, 0.3) is 0 Å². The Bertz CT molecular complexity index is 788. The van der Waals surface area contributed by atoms with Crippen LogP contribution in [0.5, 0.6) is 0 Å². The number of rotatable bonds is 5. The van der Waals surface area contributed by atoms with E-state index in [9.17, 15) is 14.8 Å². The molecule has 0 aromatic heterocycles. The average molecular weight is 403 g/mol. The standard InChI is InChI=1S/C21H29N3O5/c1-13(2)28-20(25)22-24(21(26)29-14(3)4)19-12-8-11-18(19)17-10-7-6-9-16(17)15(5)23-27/h6-11,13-14,18-19,27H,12H2,1-5H3,(H,22,25)/b23-15+/t18-,19+/m1/s1. The molecule has 8 nitrogen and oxygen atoms in total. The third-order valence-corrected chi connectivity index (χ3v) is 4.41. The summed E-state index contributed by atoms with van der Waals surface area (Å²) in [5, 5.41) is 13.7. The van der Waals surface area contributed by atoms with Gasteiger partial charge in [0.15, 0.2) is 0 Å². The number of carbonyl (C=O) groups excluding carboxylic acids is 2. The highest BCUT2D eigenvalue weighted by Gasteiger charge is 2.37. The minimum atomic E-state index is -0.729. The lowest BCUT2D eigenvalue weighted by Crippen LogP contribution is -2.54. The number of benzene rings is 1. The molecule has 2 atom stereocenters. The molecule has 0 aliphatic heterocycles. The van der Waals surface area contributed by atoms with Crippen LogP contribution in [0.1, 0.15) is 58.1 Å². The summed E-state index contributed by atoms with van der Waals surface area (Å²) in [6, 6.07) is 7.07. The number of carbonyl (C=O) groups is 2. The molecule has 1 aromatic carbocycles. The van der Waals surface area contributed by atoms with Gasteiger partial charge >= 0.3 is 12.2 Å². The van der Waals surface area contributed by atoms with E-state index in [2.05, 4.69) is 10.6 Å². The molecule has 2 amide bonds. The Morgan fingerprint density at radius 1 is 1.17 bits per heavy atom. The molecule has 1 aromatic rings. The first kappa shape index (κ1) is 22.3. The van der Waals surface area contributed by atoms with Gasteiger partial charge in [-0.15, -0.1) is 0 Å². The van der Waals surface area contributed by atoms with Crippen molar-refractivity contribution in [2.45, 2.75) is 65.2 Å². The quantitative estimate of drug-likeness (QED) is 0.332. The number of nitrogens with zero attached hydrogens (tertiary/aromatic N) is 2. The topological polar surface area (TPSA) is 100 Å². The maximum atomic E-state index is 12.8. The lowest BCUT2D eigenvalue weighted by Gasteiger charge is -2.33. The highest BCUT2D eigenvalue weighted by Crippen LogP contribution is 2.34. The summed E-state index contributed by atoms with van der Waals surface area (Å²) in [6.07, 6.45) is 2.36. The minimum absolute atomic E-state index is 0.234. The minimum Gasteiger partial charge on any atom is -0.446 e. The highest BCUT2D eigenvalue weighted by molar-refractivity contribution is 5.99. The van der Waals surface area contributed by atoms with E-state index < -0.39 is 18.2 Å². The van der Waals surface area contributed by atoms with E-state index in [1.165, 1.54) is 5.01 Å². The van der Waals surface area contributed by atoms with Gasteiger partial charge in [0.2, 0.25) is 0 Å². The summed E-state index contributed by atoms with van der Waals surface area (Å²) >= 11 is 0. The molecule has 0 bridgehead atoms. The number of amides is 2. The molecule has 29 heavy (non-hydrogen) atoms. The van der Waals surface area contributed by atoms with Crippen molar-refractivity contribution in [2.75, 3.05) is 0 Å². The van der Waals surface area contributed by atoms with Gasteiger partial charge < -0.3 is 14.7 Å². The van der Waals surface area contributed by atoms with Crippen molar-refractivity contribution in [1.82, 2.24) is 10.4 Å². The van der Waals surface area contributed by atoms with Crippen LogP contribution in [0.4, 0.5) is 9.59 Å². The van der Waals surface area contributed by atoms with Crippen LogP contribution in [0.15, 0.2) is 41.6 Å². The van der Waals surface area contributed by atoms with Crippen molar-refractivity contribution >= 4 is 17.9 Å². The largest absolute Gasteiger partial charge is 0.446 e. The summed E-state index contributed by atoms with van der Waals surface area (Å²) in [5.41, 5.74) is 4.64. The zero-order chi connectivity index (χ0) is 21.6. The van der Waals surface area contributed by atoms with E-state index in [1.54, 1.807) is 34.6 Å². The van der Waals surface area contributed by atoms with Crippen LogP contribution < -0.4 is 5.43 Å². The van der Waals surface area contributed by atoms with Crippen molar-refractivity contribution in [2.24, 2.45) is 5.16 Å². The van der Waals surface area contributed by atoms with Crippen LogP contribution >= 0.6 is 0 Å². The van der Waals surface area contributed by atoms with Crippen LogP contribution in [0, 0.1) is 0 Å². The van der Waals surface area contributed by atoms with Crippen molar-refractivity contribution in [3.05, 3.63) is 47.5 Å². The Morgan fingerprint density at radius 2 is 1.83 bits per heavy atom. The van der Waals surface area contributed by atoms with Gasteiger partial charge in [-0.3, -0.25) is 0 Å². The number of nitrogens with one attached hydrogen (secondary N) is 1. The zero-order valence-corrected chi connectivity index (χ0v) is 17.5. The monoisotopic (exact) mass is 403 g/mol. The normalized spacial score (nSPS) is 18.8. The first-order valence-corrected chi connectivity index (χ1v) is 9.66. The molecule has 0 unspecified atom stereocenters. The smallest absolute Gasteiger partial charge is 0.429 e. The van der Waals surface area contributed by atoms with E-state index in [0.29, 0.717) is 12.1 Å². The summed E-state index contributed by atoms with van der Waals surface area (Å²) < 4.78 is 10.5. The second-order valence-electron chi connectivity index (χ2n) is 7.40. The summed E-state index contributed by atoms with van der Waals surface area (Å²) in [4.78, 5) is 25.0. The number of hydrogen-bond acceptors (Lipinski definition) is 6. The van der Waals surface area contributed by atoms with Gasteiger partial charge in [-0.05, 0) is 46.6 Å². The van der Waals surface area contributed by atoms with E-state index >= 15 is 0 Å². The van der Waals surface area contributed by atoms with Crippen LogP contribution in [0.3, 0.4) is 0 Å². The lowest BCUT2D eigenvalue weighted by molar-refractivity contribution is 0.0305. The van der Waals surface area contributed by atoms with Crippen molar-refractivity contribution < 1.29 is 24.3 Å². The summed E-state index contributed by atoms with van der Waals surface area (Å²) in [7, 11) is 0. The van der Waals surface area contributed by atoms with Crippen molar-refractivity contribution in [3.63, 3.8) is 0 Å². The third kappa shape index (κ3) is 5.73. The lowest BCUT2D eigenvalue weighted by atomic mass is 9.89. The van der Waals surface area contributed by atoms with Crippen LogP contribution in [-0.4, -0.2) is 46.4 Å².